The minimum Gasteiger partial charge on any atom is -0.324 e. The van der Waals surface area contributed by atoms with Crippen molar-refractivity contribution in [2.45, 2.75) is 13.0 Å². The summed E-state index contributed by atoms with van der Waals surface area (Å²) in [5.41, 5.74) is 1.12. The Balaban J connectivity index is 1.82. The van der Waals surface area contributed by atoms with E-state index in [9.17, 15) is 14.4 Å². The third kappa shape index (κ3) is 3.03. The summed E-state index contributed by atoms with van der Waals surface area (Å²) in [5.74, 6) is -1.75. The number of benzene rings is 2. The highest BCUT2D eigenvalue weighted by molar-refractivity contribution is 6.43. The van der Waals surface area contributed by atoms with Crippen molar-refractivity contribution >= 4 is 46.6 Å². The highest BCUT2D eigenvalue weighted by atomic mass is 35.5. The van der Waals surface area contributed by atoms with Crippen molar-refractivity contribution in [1.82, 2.24) is 4.90 Å². The molecule has 2 aromatic rings. The Kier molecular flexibility index (Phi) is 4.68. The molecule has 2 aromatic carbocycles. The number of hydrogen-bond acceptors (Lipinski definition) is 4. The molecule has 3 rings (SSSR count). The molecule has 0 aliphatic carbocycles. The average molecular weight is 388 g/mol. The first-order chi connectivity index (χ1) is 12.3. The Hall–Kier alpha value is -2.88. The highest BCUT2D eigenvalue weighted by Gasteiger charge is 2.41. The molecule has 3 amide bonds. The molecule has 1 N–H and O–H groups in total. The van der Waals surface area contributed by atoms with Gasteiger partial charge in [0.1, 0.15) is 6.04 Å². The molecule has 8 heteroatoms. The van der Waals surface area contributed by atoms with Gasteiger partial charge in [0.05, 0.1) is 32.8 Å². The molecule has 1 aliphatic rings. The molecule has 1 unspecified atom stereocenters. The number of halogens is 2. The van der Waals surface area contributed by atoms with E-state index in [4.69, 9.17) is 28.5 Å². The van der Waals surface area contributed by atoms with Crippen LogP contribution in [0, 0.1) is 11.3 Å². The summed E-state index contributed by atoms with van der Waals surface area (Å²) in [6.45, 7) is 1.45. The second-order valence-corrected chi connectivity index (χ2v) is 6.46. The number of hydrogen-bond donors (Lipinski definition) is 1. The first-order valence-corrected chi connectivity index (χ1v) is 8.27. The third-order valence-corrected chi connectivity index (χ3v) is 4.73. The SMILES string of the molecule is CC(C(=O)Nc1ccc(C#N)cc1)N1C(=O)c2cc(Cl)c(Cl)cc2C1=O. The van der Waals surface area contributed by atoms with Crippen LogP contribution in [0.15, 0.2) is 36.4 Å². The molecular formula is C18H11Cl2N3O3. The fraction of sp³-hybridized carbons (Fsp3) is 0.111. The summed E-state index contributed by atoms with van der Waals surface area (Å²) in [6.07, 6.45) is 0. The maximum absolute atomic E-state index is 12.5. The lowest BCUT2D eigenvalue weighted by Gasteiger charge is -2.21. The van der Waals surface area contributed by atoms with E-state index < -0.39 is 23.8 Å². The molecule has 1 atom stereocenters. The van der Waals surface area contributed by atoms with Crippen molar-refractivity contribution in [3.8, 4) is 6.07 Å². The van der Waals surface area contributed by atoms with Gasteiger partial charge >= 0.3 is 0 Å². The molecule has 0 aromatic heterocycles. The molecular weight excluding hydrogens is 377 g/mol. The van der Waals surface area contributed by atoms with E-state index in [-0.39, 0.29) is 21.2 Å². The maximum atomic E-state index is 12.5. The van der Waals surface area contributed by atoms with E-state index in [0.717, 1.165) is 4.90 Å². The van der Waals surface area contributed by atoms with Crippen LogP contribution in [-0.2, 0) is 4.79 Å². The van der Waals surface area contributed by atoms with Crippen molar-refractivity contribution < 1.29 is 14.4 Å². The van der Waals surface area contributed by atoms with E-state index in [1.54, 1.807) is 24.3 Å². The van der Waals surface area contributed by atoms with Gasteiger partial charge in [-0.2, -0.15) is 5.26 Å². The zero-order valence-corrected chi connectivity index (χ0v) is 14.9. The molecule has 0 radical (unpaired) electrons. The number of fused-ring (bicyclic) bond motifs is 1. The second-order valence-electron chi connectivity index (χ2n) is 5.65. The minimum absolute atomic E-state index is 0.113. The number of nitrogens with zero attached hydrogens (tertiary/aromatic N) is 2. The molecule has 0 spiro atoms. The summed E-state index contributed by atoms with van der Waals surface area (Å²) >= 11 is 11.8. The zero-order chi connectivity index (χ0) is 19.0. The van der Waals surface area contributed by atoms with Crippen molar-refractivity contribution in [2.75, 3.05) is 5.32 Å². The van der Waals surface area contributed by atoms with Crippen LogP contribution in [-0.4, -0.2) is 28.7 Å². The van der Waals surface area contributed by atoms with Gasteiger partial charge < -0.3 is 5.32 Å². The molecule has 0 saturated carbocycles. The fourth-order valence-electron chi connectivity index (χ4n) is 2.60. The van der Waals surface area contributed by atoms with E-state index >= 15 is 0 Å². The predicted molar refractivity (Wildman–Crippen MR) is 96.2 cm³/mol. The van der Waals surface area contributed by atoms with Crippen LogP contribution in [0.4, 0.5) is 5.69 Å². The summed E-state index contributed by atoms with van der Waals surface area (Å²) in [6, 6.07) is 9.79. The largest absolute Gasteiger partial charge is 0.324 e. The van der Waals surface area contributed by atoms with Gasteiger partial charge in [-0.3, -0.25) is 19.3 Å². The number of carbonyl (C=O) groups excluding carboxylic acids is 3. The van der Waals surface area contributed by atoms with E-state index in [2.05, 4.69) is 5.32 Å². The zero-order valence-electron chi connectivity index (χ0n) is 13.4. The Bertz CT molecular complexity index is 939. The standard InChI is InChI=1S/C18H11Cl2N3O3/c1-9(16(24)22-11-4-2-10(8-21)3-5-11)23-17(25)12-6-14(19)15(20)7-13(12)18(23)26/h2-7,9H,1H3,(H,22,24). The maximum Gasteiger partial charge on any atom is 0.262 e. The van der Waals surface area contributed by atoms with Gasteiger partial charge in [0, 0.05) is 5.69 Å². The van der Waals surface area contributed by atoms with Crippen molar-refractivity contribution in [2.24, 2.45) is 0 Å². The van der Waals surface area contributed by atoms with Gasteiger partial charge in [-0.25, -0.2) is 0 Å². The molecule has 0 saturated heterocycles. The monoisotopic (exact) mass is 387 g/mol. The number of rotatable bonds is 3. The lowest BCUT2D eigenvalue weighted by atomic mass is 10.1. The van der Waals surface area contributed by atoms with Gasteiger partial charge in [-0.1, -0.05) is 23.2 Å². The topological polar surface area (TPSA) is 90.3 Å². The number of imide groups is 1. The van der Waals surface area contributed by atoms with Gasteiger partial charge in [0.15, 0.2) is 0 Å². The third-order valence-electron chi connectivity index (χ3n) is 4.01. The van der Waals surface area contributed by atoms with E-state index in [1.807, 2.05) is 6.07 Å². The quantitative estimate of drug-likeness (QED) is 0.815. The van der Waals surface area contributed by atoms with Gasteiger partial charge in [-0.15, -0.1) is 0 Å². The average Bonchev–Trinajstić information content (AvgIpc) is 2.86. The molecule has 6 nitrogen and oxygen atoms in total. The summed E-state index contributed by atoms with van der Waals surface area (Å²) < 4.78 is 0. The first-order valence-electron chi connectivity index (χ1n) is 7.51. The van der Waals surface area contributed by atoms with E-state index in [0.29, 0.717) is 11.3 Å². The Labute approximate surface area is 158 Å². The number of anilines is 1. The van der Waals surface area contributed by atoms with Crippen LogP contribution < -0.4 is 5.32 Å². The highest BCUT2D eigenvalue weighted by Crippen LogP contribution is 2.32. The molecule has 1 heterocycles. The fourth-order valence-corrected chi connectivity index (χ4v) is 2.92. The molecule has 0 bridgehead atoms. The van der Waals surface area contributed by atoms with E-state index in [1.165, 1.54) is 19.1 Å². The van der Waals surface area contributed by atoms with Gasteiger partial charge in [0.25, 0.3) is 11.8 Å². The van der Waals surface area contributed by atoms with Crippen LogP contribution in [0.25, 0.3) is 0 Å². The van der Waals surface area contributed by atoms with Crippen molar-refractivity contribution in [1.29, 1.82) is 5.26 Å². The van der Waals surface area contributed by atoms with Crippen LogP contribution in [0.1, 0.15) is 33.2 Å². The normalized spacial score (nSPS) is 14.0. The smallest absolute Gasteiger partial charge is 0.262 e. The lowest BCUT2D eigenvalue weighted by Crippen LogP contribution is -2.45. The van der Waals surface area contributed by atoms with Crippen molar-refractivity contribution in [3.05, 3.63) is 63.1 Å². The Morgan fingerprint density at radius 3 is 2.04 bits per heavy atom. The van der Waals surface area contributed by atoms with Gasteiger partial charge in [-0.05, 0) is 43.3 Å². The van der Waals surface area contributed by atoms with Crippen LogP contribution in [0.2, 0.25) is 10.0 Å². The summed E-state index contributed by atoms with van der Waals surface area (Å²) in [5, 5.41) is 11.7. The second kappa shape index (κ2) is 6.79. The Morgan fingerprint density at radius 1 is 1.08 bits per heavy atom. The van der Waals surface area contributed by atoms with Gasteiger partial charge in [0.2, 0.25) is 5.91 Å². The summed E-state index contributed by atoms with van der Waals surface area (Å²) in [4.78, 5) is 38.4. The molecule has 0 fully saturated rings. The number of nitriles is 1. The molecule has 130 valence electrons. The van der Waals surface area contributed by atoms with Crippen molar-refractivity contribution in [3.63, 3.8) is 0 Å². The Morgan fingerprint density at radius 2 is 1.58 bits per heavy atom. The number of carbonyl (C=O) groups is 3. The van der Waals surface area contributed by atoms with Crippen LogP contribution in [0.3, 0.4) is 0 Å². The lowest BCUT2D eigenvalue weighted by molar-refractivity contribution is -0.119. The number of amides is 3. The molecule has 26 heavy (non-hydrogen) atoms. The first kappa shape index (κ1) is 17.9. The summed E-state index contributed by atoms with van der Waals surface area (Å²) in [7, 11) is 0. The minimum atomic E-state index is -1.05. The van der Waals surface area contributed by atoms with Crippen LogP contribution in [0.5, 0.6) is 0 Å². The number of nitrogens with one attached hydrogen (secondary N) is 1. The van der Waals surface area contributed by atoms with Crippen LogP contribution >= 0.6 is 23.2 Å². The molecule has 1 aliphatic heterocycles. The predicted octanol–water partition coefficient (Wildman–Crippen LogP) is 3.49.